The van der Waals surface area contributed by atoms with E-state index in [1.807, 2.05) is 31.2 Å². The molecule has 7 nitrogen and oxygen atoms in total. The van der Waals surface area contributed by atoms with Gasteiger partial charge in [0, 0.05) is 23.8 Å². The van der Waals surface area contributed by atoms with E-state index in [2.05, 4.69) is 5.16 Å². The lowest BCUT2D eigenvalue weighted by molar-refractivity contribution is -0.384. The molecular formula is C18H14N2O5. The van der Waals surface area contributed by atoms with Crippen LogP contribution in [0.25, 0.3) is 11.3 Å². The molecule has 0 amide bonds. The Labute approximate surface area is 143 Å². The van der Waals surface area contributed by atoms with Gasteiger partial charge in [-0.1, -0.05) is 41.1 Å². The fourth-order valence-electron chi connectivity index (χ4n) is 2.20. The van der Waals surface area contributed by atoms with E-state index in [-0.39, 0.29) is 17.9 Å². The van der Waals surface area contributed by atoms with Gasteiger partial charge >= 0.3 is 5.97 Å². The lowest BCUT2D eigenvalue weighted by Crippen LogP contribution is -2.05. The number of carbonyl (C=O) groups excluding carboxylic acids is 1. The second-order valence-electron chi connectivity index (χ2n) is 5.43. The van der Waals surface area contributed by atoms with Crippen LogP contribution < -0.4 is 0 Å². The number of non-ortho nitro benzene ring substituents is 1. The molecule has 0 aliphatic heterocycles. The molecule has 25 heavy (non-hydrogen) atoms. The summed E-state index contributed by atoms with van der Waals surface area (Å²) >= 11 is 0. The van der Waals surface area contributed by atoms with Gasteiger partial charge in [-0.05, 0) is 13.0 Å². The van der Waals surface area contributed by atoms with Gasteiger partial charge in [0.25, 0.3) is 5.69 Å². The zero-order valence-corrected chi connectivity index (χ0v) is 13.3. The van der Waals surface area contributed by atoms with Gasteiger partial charge in [-0.15, -0.1) is 0 Å². The van der Waals surface area contributed by atoms with Crippen LogP contribution in [0.3, 0.4) is 0 Å². The number of ether oxygens (including phenoxy) is 1. The van der Waals surface area contributed by atoms with E-state index in [9.17, 15) is 14.9 Å². The molecule has 3 rings (SSSR count). The zero-order valence-electron chi connectivity index (χ0n) is 13.3. The van der Waals surface area contributed by atoms with Crippen LogP contribution in [-0.2, 0) is 11.3 Å². The summed E-state index contributed by atoms with van der Waals surface area (Å²) in [7, 11) is 0. The molecule has 0 bridgehead atoms. The van der Waals surface area contributed by atoms with Gasteiger partial charge < -0.3 is 9.26 Å². The molecule has 0 saturated carbocycles. The van der Waals surface area contributed by atoms with Crippen LogP contribution in [-0.4, -0.2) is 16.0 Å². The van der Waals surface area contributed by atoms with Crippen molar-refractivity contribution in [3.63, 3.8) is 0 Å². The van der Waals surface area contributed by atoms with E-state index in [0.717, 1.165) is 11.1 Å². The molecule has 0 unspecified atom stereocenters. The molecule has 3 aromatic rings. The first-order valence-electron chi connectivity index (χ1n) is 7.47. The minimum Gasteiger partial charge on any atom is -0.455 e. The molecule has 0 aliphatic rings. The van der Waals surface area contributed by atoms with Crippen molar-refractivity contribution < 1.29 is 19.0 Å². The average Bonchev–Trinajstić information content (AvgIpc) is 3.09. The molecule has 1 heterocycles. The number of carbonyl (C=O) groups is 1. The number of nitrogens with zero attached hydrogens (tertiary/aromatic N) is 2. The molecule has 0 atom stereocenters. The molecule has 7 heteroatoms. The predicted molar refractivity (Wildman–Crippen MR) is 88.9 cm³/mol. The van der Waals surface area contributed by atoms with Crippen molar-refractivity contribution in [1.82, 2.24) is 5.16 Å². The first-order valence-corrected chi connectivity index (χ1v) is 7.47. The van der Waals surface area contributed by atoms with Crippen LogP contribution in [0, 0.1) is 17.0 Å². The molecule has 126 valence electrons. The molecule has 0 aliphatic carbocycles. The highest BCUT2D eigenvalue weighted by Gasteiger charge is 2.14. The van der Waals surface area contributed by atoms with Gasteiger partial charge in [0.05, 0.1) is 10.5 Å². The topological polar surface area (TPSA) is 95.5 Å². The first kappa shape index (κ1) is 16.4. The van der Waals surface area contributed by atoms with Crippen molar-refractivity contribution in [2.24, 2.45) is 0 Å². The summed E-state index contributed by atoms with van der Waals surface area (Å²) in [6, 6.07) is 14.8. The largest absolute Gasteiger partial charge is 0.455 e. The van der Waals surface area contributed by atoms with Gasteiger partial charge in [0.15, 0.2) is 5.76 Å². The Hall–Kier alpha value is -3.48. The molecular weight excluding hydrogens is 324 g/mol. The van der Waals surface area contributed by atoms with E-state index < -0.39 is 10.9 Å². The van der Waals surface area contributed by atoms with Crippen molar-refractivity contribution in [2.45, 2.75) is 13.5 Å². The van der Waals surface area contributed by atoms with Gasteiger partial charge in [-0.2, -0.15) is 0 Å². The summed E-state index contributed by atoms with van der Waals surface area (Å²) in [6.45, 7) is 1.90. The normalized spacial score (nSPS) is 10.4. The molecule has 0 saturated heterocycles. The third-order valence-electron chi connectivity index (χ3n) is 3.54. The second kappa shape index (κ2) is 6.96. The Kier molecular flexibility index (Phi) is 4.56. The monoisotopic (exact) mass is 338 g/mol. The molecule has 1 aromatic heterocycles. The van der Waals surface area contributed by atoms with Crippen molar-refractivity contribution in [2.75, 3.05) is 0 Å². The Morgan fingerprint density at radius 2 is 1.96 bits per heavy atom. The summed E-state index contributed by atoms with van der Waals surface area (Å²) in [5.74, 6) is -0.0926. The molecule has 0 spiro atoms. The highest BCUT2D eigenvalue weighted by Crippen LogP contribution is 2.21. The lowest BCUT2D eigenvalue weighted by atomic mass is 10.1. The summed E-state index contributed by atoms with van der Waals surface area (Å²) in [4.78, 5) is 22.2. The third kappa shape index (κ3) is 3.89. The molecule has 0 radical (unpaired) electrons. The summed E-state index contributed by atoms with van der Waals surface area (Å²) in [6.07, 6.45) is 0. The van der Waals surface area contributed by atoms with Crippen LogP contribution in [0.4, 0.5) is 5.69 Å². The molecule has 2 aromatic carbocycles. The van der Waals surface area contributed by atoms with Crippen molar-refractivity contribution >= 4 is 11.7 Å². The summed E-state index contributed by atoms with van der Waals surface area (Å²) in [5, 5.41) is 14.6. The van der Waals surface area contributed by atoms with Gasteiger partial charge in [-0.25, -0.2) is 4.79 Å². The predicted octanol–water partition coefficient (Wildman–Crippen LogP) is 3.92. The van der Waals surface area contributed by atoms with Gasteiger partial charge in [0.1, 0.15) is 12.3 Å². The highest BCUT2D eigenvalue weighted by molar-refractivity contribution is 5.90. The minimum atomic E-state index is -0.663. The van der Waals surface area contributed by atoms with E-state index in [4.69, 9.17) is 9.26 Å². The van der Waals surface area contributed by atoms with E-state index >= 15 is 0 Å². The number of aromatic nitrogens is 1. The fourth-order valence-corrected chi connectivity index (χ4v) is 2.20. The average molecular weight is 338 g/mol. The maximum Gasteiger partial charge on any atom is 0.338 e. The number of hydrogen-bond donors (Lipinski definition) is 0. The van der Waals surface area contributed by atoms with Crippen LogP contribution in [0.1, 0.15) is 21.6 Å². The number of hydrogen-bond acceptors (Lipinski definition) is 6. The maximum absolute atomic E-state index is 12.0. The quantitative estimate of drug-likeness (QED) is 0.397. The molecule has 0 fully saturated rings. The standard InChI is InChI=1S/C18H14N2O5/c1-12-5-7-13(8-6-12)17-10-15(19-25-17)11-24-18(21)14-3-2-4-16(9-14)20(22)23/h2-10H,11H2,1H3. The van der Waals surface area contributed by atoms with Crippen molar-refractivity contribution in [3.05, 3.63) is 81.5 Å². The fraction of sp³-hybridized carbons (Fsp3) is 0.111. The number of esters is 1. The number of nitro groups is 1. The minimum absolute atomic E-state index is 0.0864. The lowest BCUT2D eigenvalue weighted by Gasteiger charge is -2.02. The van der Waals surface area contributed by atoms with Crippen molar-refractivity contribution in [1.29, 1.82) is 0 Å². The second-order valence-corrected chi connectivity index (χ2v) is 5.43. The third-order valence-corrected chi connectivity index (χ3v) is 3.54. The smallest absolute Gasteiger partial charge is 0.338 e. The van der Waals surface area contributed by atoms with E-state index in [1.54, 1.807) is 6.07 Å². The van der Waals surface area contributed by atoms with Crippen LogP contribution in [0.5, 0.6) is 0 Å². The Morgan fingerprint density at radius 3 is 2.68 bits per heavy atom. The van der Waals surface area contributed by atoms with E-state index in [0.29, 0.717) is 11.5 Å². The van der Waals surface area contributed by atoms with Crippen LogP contribution in [0.2, 0.25) is 0 Å². The Balaban J connectivity index is 1.66. The van der Waals surface area contributed by atoms with Gasteiger partial charge in [-0.3, -0.25) is 10.1 Å². The SMILES string of the molecule is Cc1ccc(-c2cc(COC(=O)c3cccc([N+](=O)[O-])c3)no2)cc1. The summed E-state index contributed by atoms with van der Waals surface area (Å²) < 4.78 is 10.4. The van der Waals surface area contributed by atoms with Crippen LogP contribution in [0.15, 0.2) is 59.1 Å². The molecule has 0 N–H and O–H groups in total. The first-order chi connectivity index (χ1) is 12.0. The highest BCUT2D eigenvalue weighted by atomic mass is 16.6. The van der Waals surface area contributed by atoms with Crippen molar-refractivity contribution in [3.8, 4) is 11.3 Å². The number of nitro benzene ring substituents is 1. The number of rotatable bonds is 5. The Bertz CT molecular complexity index is 915. The van der Waals surface area contributed by atoms with E-state index in [1.165, 1.54) is 24.3 Å². The number of aryl methyl sites for hydroxylation is 1. The van der Waals surface area contributed by atoms with Gasteiger partial charge in [0.2, 0.25) is 0 Å². The summed E-state index contributed by atoms with van der Waals surface area (Å²) in [5.41, 5.74) is 2.40. The maximum atomic E-state index is 12.0. The number of benzene rings is 2. The Morgan fingerprint density at radius 1 is 1.20 bits per heavy atom. The van der Waals surface area contributed by atoms with Crippen LogP contribution >= 0.6 is 0 Å². The zero-order chi connectivity index (χ0) is 17.8.